The summed E-state index contributed by atoms with van der Waals surface area (Å²) in [6.07, 6.45) is 4.63. The number of Topliss-reactive ketones (excluding diaryl/α,β-unsaturated/α-hetero) is 1. The van der Waals surface area contributed by atoms with Gasteiger partial charge in [-0.25, -0.2) is 13.2 Å². The van der Waals surface area contributed by atoms with Gasteiger partial charge in [0.05, 0.1) is 10.5 Å². The van der Waals surface area contributed by atoms with Crippen molar-refractivity contribution in [3.8, 4) is 0 Å². The zero-order valence-electron chi connectivity index (χ0n) is 14.0. The minimum atomic E-state index is -3.51. The molecule has 0 amide bonds. The summed E-state index contributed by atoms with van der Waals surface area (Å²) >= 11 is 0. The second kappa shape index (κ2) is 7.76. The molecule has 2 heterocycles. The zero-order valence-corrected chi connectivity index (χ0v) is 14.8. The van der Waals surface area contributed by atoms with E-state index in [1.54, 1.807) is 0 Å². The van der Waals surface area contributed by atoms with Gasteiger partial charge in [0.1, 0.15) is 0 Å². The first-order valence-corrected chi connectivity index (χ1v) is 9.63. The summed E-state index contributed by atoms with van der Waals surface area (Å²) in [7, 11) is -3.51. The van der Waals surface area contributed by atoms with Gasteiger partial charge < -0.3 is 4.74 Å². The van der Waals surface area contributed by atoms with Gasteiger partial charge >= 0.3 is 5.97 Å². The van der Waals surface area contributed by atoms with Crippen LogP contribution in [0.2, 0.25) is 0 Å². The van der Waals surface area contributed by atoms with Crippen LogP contribution in [0.4, 0.5) is 0 Å². The van der Waals surface area contributed by atoms with Crippen molar-refractivity contribution in [2.24, 2.45) is 0 Å². The Morgan fingerprint density at radius 3 is 2.19 bits per heavy atom. The molecule has 0 aliphatic carbocycles. The Kier molecular flexibility index (Phi) is 5.43. The summed E-state index contributed by atoms with van der Waals surface area (Å²) in [5, 5.41) is 0. The number of rotatable bonds is 6. The van der Waals surface area contributed by atoms with Crippen LogP contribution in [0.25, 0.3) is 0 Å². The third kappa shape index (κ3) is 3.97. The number of aromatic nitrogens is 1. The third-order valence-corrected chi connectivity index (χ3v) is 6.04. The first-order valence-electron chi connectivity index (χ1n) is 8.19. The standard InChI is InChI=1S/C18H18N2O5S/c21-17(13-25-18(22)15-7-9-19-10-8-15)14-3-5-16(6-4-14)26(23,24)20-11-1-2-12-20/h3-10H,1-2,11-13H2. The number of pyridine rings is 1. The summed E-state index contributed by atoms with van der Waals surface area (Å²) in [4.78, 5) is 27.9. The monoisotopic (exact) mass is 374 g/mol. The highest BCUT2D eigenvalue weighted by Crippen LogP contribution is 2.21. The maximum absolute atomic E-state index is 12.5. The summed E-state index contributed by atoms with van der Waals surface area (Å²) in [6.45, 7) is 0.626. The van der Waals surface area contributed by atoms with Crippen molar-refractivity contribution >= 4 is 21.8 Å². The van der Waals surface area contributed by atoms with Gasteiger partial charge in [-0.1, -0.05) is 0 Å². The highest BCUT2D eigenvalue weighted by Gasteiger charge is 2.27. The van der Waals surface area contributed by atoms with Gasteiger partial charge in [0, 0.05) is 31.0 Å². The SMILES string of the molecule is O=C(COC(=O)c1ccncc1)c1ccc(S(=O)(=O)N2CCCC2)cc1. The smallest absolute Gasteiger partial charge is 0.338 e. The largest absolute Gasteiger partial charge is 0.454 e. The number of hydrogen-bond donors (Lipinski definition) is 0. The van der Waals surface area contributed by atoms with Crippen molar-refractivity contribution in [3.05, 3.63) is 59.9 Å². The van der Waals surface area contributed by atoms with Gasteiger partial charge in [0.15, 0.2) is 12.4 Å². The molecule has 1 aliphatic heterocycles. The van der Waals surface area contributed by atoms with E-state index < -0.39 is 28.4 Å². The Hall–Kier alpha value is -2.58. The zero-order chi connectivity index (χ0) is 18.6. The number of ether oxygens (including phenoxy) is 1. The topological polar surface area (TPSA) is 93.6 Å². The van der Waals surface area contributed by atoms with Gasteiger partial charge in [0.25, 0.3) is 0 Å². The van der Waals surface area contributed by atoms with Crippen LogP contribution in [0.3, 0.4) is 0 Å². The highest BCUT2D eigenvalue weighted by atomic mass is 32.2. The summed E-state index contributed by atoms with van der Waals surface area (Å²) in [5.74, 6) is -1.02. The Morgan fingerprint density at radius 1 is 0.962 bits per heavy atom. The molecule has 3 rings (SSSR count). The highest BCUT2D eigenvalue weighted by molar-refractivity contribution is 7.89. The van der Waals surface area contributed by atoms with Gasteiger partial charge in [-0.3, -0.25) is 9.78 Å². The number of sulfonamides is 1. The Balaban J connectivity index is 1.63. The normalized spacial score (nSPS) is 14.9. The van der Waals surface area contributed by atoms with E-state index in [1.165, 1.54) is 53.1 Å². The molecule has 26 heavy (non-hydrogen) atoms. The fraction of sp³-hybridized carbons (Fsp3) is 0.278. The number of hydrogen-bond acceptors (Lipinski definition) is 6. The average molecular weight is 374 g/mol. The van der Waals surface area contributed by atoms with Crippen LogP contribution >= 0.6 is 0 Å². The fourth-order valence-electron chi connectivity index (χ4n) is 2.68. The quantitative estimate of drug-likeness (QED) is 0.566. The number of nitrogens with zero attached hydrogens (tertiary/aromatic N) is 2. The van der Waals surface area contributed by atoms with E-state index in [4.69, 9.17) is 4.74 Å². The predicted molar refractivity (Wildman–Crippen MR) is 93.3 cm³/mol. The lowest BCUT2D eigenvalue weighted by Crippen LogP contribution is -2.27. The second-order valence-corrected chi connectivity index (χ2v) is 7.81. The molecule has 0 spiro atoms. The molecular weight excluding hydrogens is 356 g/mol. The maximum atomic E-state index is 12.5. The molecule has 1 saturated heterocycles. The molecule has 0 N–H and O–H groups in total. The van der Waals surface area contributed by atoms with Crippen LogP contribution in [-0.2, 0) is 14.8 Å². The van der Waals surface area contributed by atoms with Crippen LogP contribution in [0.5, 0.6) is 0 Å². The number of carbonyl (C=O) groups is 2. The maximum Gasteiger partial charge on any atom is 0.338 e. The third-order valence-electron chi connectivity index (χ3n) is 4.13. The van der Waals surface area contributed by atoms with E-state index in [9.17, 15) is 18.0 Å². The molecule has 1 aromatic heterocycles. The molecule has 1 fully saturated rings. The molecule has 2 aromatic rings. The molecule has 0 unspecified atom stereocenters. The van der Waals surface area contributed by atoms with E-state index in [-0.39, 0.29) is 10.5 Å². The first kappa shape index (κ1) is 18.2. The van der Waals surface area contributed by atoms with Gasteiger partial charge in [-0.15, -0.1) is 0 Å². The molecule has 7 nitrogen and oxygen atoms in total. The molecule has 136 valence electrons. The van der Waals surface area contributed by atoms with Gasteiger partial charge in [-0.2, -0.15) is 4.31 Å². The van der Waals surface area contributed by atoms with Crippen LogP contribution in [0, 0.1) is 0 Å². The minimum absolute atomic E-state index is 0.157. The Bertz CT molecular complexity index is 889. The van der Waals surface area contributed by atoms with Gasteiger partial charge in [0.2, 0.25) is 10.0 Å². The van der Waals surface area contributed by atoms with Gasteiger partial charge in [-0.05, 0) is 49.2 Å². The molecule has 1 aliphatic rings. The van der Waals surface area contributed by atoms with Crippen molar-refractivity contribution in [2.45, 2.75) is 17.7 Å². The molecule has 0 radical (unpaired) electrons. The van der Waals surface area contributed by atoms with Crippen molar-refractivity contribution in [2.75, 3.05) is 19.7 Å². The fourth-order valence-corrected chi connectivity index (χ4v) is 4.19. The van der Waals surface area contributed by atoms with E-state index in [1.807, 2.05) is 0 Å². The summed E-state index contributed by atoms with van der Waals surface area (Å²) in [5.41, 5.74) is 0.591. The predicted octanol–water partition coefficient (Wildman–Crippen LogP) is 1.91. The molecule has 0 bridgehead atoms. The lowest BCUT2D eigenvalue weighted by atomic mass is 10.1. The molecular formula is C18H18N2O5S. The van der Waals surface area contributed by atoms with Crippen molar-refractivity contribution in [1.29, 1.82) is 0 Å². The number of benzene rings is 1. The molecule has 8 heteroatoms. The van der Waals surface area contributed by atoms with Crippen LogP contribution in [0.1, 0.15) is 33.6 Å². The lowest BCUT2D eigenvalue weighted by molar-refractivity contribution is 0.0474. The van der Waals surface area contributed by atoms with Crippen LogP contribution < -0.4 is 0 Å². The van der Waals surface area contributed by atoms with E-state index in [2.05, 4.69) is 4.98 Å². The average Bonchev–Trinajstić information content (AvgIpc) is 3.22. The number of carbonyl (C=O) groups excluding carboxylic acids is 2. The van der Waals surface area contributed by atoms with Crippen molar-refractivity contribution < 1.29 is 22.7 Å². The minimum Gasteiger partial charge on any atom is -0.454 e. The van der Waals surface area contributed by atoms with Crippen molar-refractivity contribution in [1.82, 2.24) is 9.29 Å². The summed E-state index contributed by atoms with van der Waals surface area (Å²) in [6, 6.07) is 8.67. The van der Waals surface area contributed by atoms with Crippen LogP contribution in [-0.4, -0.2) is 49.2 Å². The Morgan fingerprint density at radius 2 is 1.58 bits per heavy atom. The van der Waals surface area contributed by atoms with E-state index in [0.29, 0.717) is 18.7 Å². The Labute approximate surface area is 151 Å². The summed E-state index contributed by atoms with van der Waals surface area (Å²) < 4.78 is 31.3. The van der Waals surface area contributed by atoms with Crippen LogP contribution in [0.15, 0.2) is 53.7 Å². The molecule has 0 saturated carbocycles. The van der Waals surface area contributed by atoms with Crippen molar-refractivity contribution in [3.63, 3.8) is 0 Å². The first-order chi connectivity index (χ1) is 12.5. The van der Waals surface area contributed by atoms with E-state index >= 15 is 0 Å². The number of esters is 1. The molecule has 0 atom stereocenters. The molecule has 1 aromatic carbocycles. The van der Waals surface area contributed by atoms with E-state index in [0.717, 1.165) is 12.8 Å². The second-order valence-electron chi connectivity index (χ2n) is 5.87. The lowest BCUT2D eigenvalue weighted by Gasteiger charge is -2.15. The number of ketones is 1.